The molecule has 0 spiro atoms. The molecule has 0 aromatic heterocycles. The number of amides is 1. The molecule has 5 nitrogen and oxygen atoms in total. The van der Waals surface area contributed by atoms with Gasteiger partial charge in [0.1, 0.15) is 0 Å². The van der Waals surface area contributed by atoms with Crippen LogP contribution in [0.15, 0.2) is 40.5 Å². The van der Waals surface area contributed by atoms with Gasteiger partial charge in [-0.3, -0.25) is 9.69 Å². The van der Waals surface area contributed by atoms with Gasteiger partial charge in [0.05, 0.1) is 28.7 Å². The second kappa shape index (κ2) is 7.98. The third kappa shape index (κ3) is 4.13. The number of hydrogen-bond acceptors (Lipinski definition) is 5. The van der Waals surface area contributed by atoms with Gasteiger partial charge in [0.2, 0.25) is 5.91 Å². The fourth-order valence-corrected chi connectivity index (χ4v) is 4.74. The monoisotopic (exact) mass is 414 g/mol. The number of hydrogen-bond donors (Lipinski definition) is 0. The van der Waals surface area contributed by atoms with E-state index >= 15 is 0 Å². The van der Waals surface area contributed by atoms with E-state index in [1.807, 2.05) is 39.8 Å². The van der Waals surface area contributed by atoms with Gasteiger partial charge in [0.25, 0.3) is 0 Å². The highest BCUT2D eigenvalue weighted by atomic mass is 32.2. The van der Waals surface area contributed by atoms with Crippen molar-refractivity contribution in [3.05, 3.63) is 46.7 Å². The number of amidine groups is 1. The summed E-state index contributed by atoms with van der Waals surface area (Å²) >= 11 is 1.48. The topological polar surface area (TPSA) is 59.0 Å². The van der Waals surface area contributed by atoms with Crippen molar-refractivity contribution in [3.8, 4) is 0 Å². The maximum Gasteiger partial charge on any atom is 0.338 e. The van der Waals surface area contributed by atoms with E-state index in [4.69, 9.17) is 4.74 Å². The van der Waals surface area contributed by atoms with Crippen LogP contribution in [-0.4, -0.2) is 33.3 Å². The number of benzene rings is 1. The van der Waals surface area contributed by atoms with Crippen LogP contribution in [0.2, 0.25) is 0 Å². The fourth-order valence-electron chi connectivity index (χ4n) is 3.61. The van der Waals surface area contributed by atoms with Crippen molar-refractivity contribution in [2.75, 3.05) is 0 Å². The van der Waals surface area contributed by atoms with Crippen molar-refractivity contribution in [2.45, 2.75) is 77.7 Å². The van der Waals surface area contributed by atoms with Gasteiger partial charge in [-0.05, 0) is 43.7 Å². The normalized spacial score (nSPS) is 22.1. The maximum atomic E-state index is 13.1. The first-order valence-corrected chi connectivity index (χ1v) is 11.0. The molecule has 2 atom stereocenters. The van der Waals surface area contributed by atoms with Crippen molar-refractivity contribution in [2.24, 2.45) is 4.99 Å². The highest BCUT2D eigenvalue weighted by Crippen LogP contribution is 2.44. The molecule has 1 aromatic rings. The van der Waals surface area contributed by atoms with E-state index in [0.717, 1.165) is 12.0 Å². The summed E-state index contributed by atoms with van der Waals surface area (Å²) in [6, 6.07) is 7.67. The Hall–Kier alpha value is -2.08. The SMILES string of the molecule is CC[C@@H]1SC2=NC(C)=C(C(=O)OC(C)C)[C@H](c3ccc(C(C)(C)C)cc3)N2C1=O. The van der Waals surface area contributed by atoms with E-state index in [0.29, 0.717) is 16.4 Å². The van der Waals surface area contributed by atoms with Crippen LogP contribution in [0, 0.1) is 0 Å². The summed E-state index contributed by atoms with van der Waals surface area (Å²) in [6.45, 7) is 13.9. The van der Waals surface area contributed by atoms with Gasteiger partial charge in [-0.25, -0.2) is 9.79 Å². The Morgan fingerprint density at radius 2 is 1.86 bits per heavy atom. The standard InChI is InChI=1S/C23H30N2O3S/c1-8-17-20(26)25-19(15-9-11-16(12-10-15)23(5,6)7)18(21(27)28-13(2)3)14(4)24-22(25)29-17/h9-13,17,19H,8H2,1-7H3/t17-,19-/m0/s1. The number of carbonyl (C=O) groups is 2. The largest absolute Gasteiger partial charge is 0.459 e. The van der Waals surface area contributed by atoms with Gasteiger partial charge in [0, 0.05) is 0 Å². The molecule has 156 valence electrons. The number of allylic oxidation sites excluding steroid dienone is 1. The number of esters is 1. The Morgan fingerprint density at radius 1 is 1.24 bits per heavy atom. The molecule has 1 aromatic carbocycles. The summed E-state index contributed by atoms with van der Waals surface area (Å²) in [6.07, 6.45) is 0.476. The molecule has 0 aliphatic carbocycles. The minimum absolute atomic E-state index is 0.00324. The lowest BCUT2D eigenvalue weighted by Crippen LogP contribution is -2.41. The first-order valence-electron chi connectivity index (χ1n) is 10.1. The number of carbonyl (C=O) groups excluding carboxylic acids is 2. The predicted octanol–water partition coefficient (Wildman–Crippen LogP) is 4.97. The molecular formula is C23H30N2O3S. The van der Waals surface area contributed by atoms with E-state index in [1.165, 1.54) is 17.3 Å². The van der Waals surface area contributed by atoms with Gasteiger partial charge in [-0.2, -0.15) is 0 Å². The lowest BCUT2D eigenvalue weighted by atomic mass is 9.85. The van der Waals surface area contributed by atoms with Gasteiger partial charge < -0.3 is 4.74 Å². The van der Waals surface area contributed by atoms with Crippen molar-refractivity contribution in [1.82, 2.24) is 4.90 Å². The zero-order valence-electron chi connectivity index (χ0n) is 18.3. The summed E-state index contributed by atoms with van der Waals surface area (Å²) in [5.41, 5.74) is 3.17. The van der Waals surface area contributed by atoms with Gasteiger partial charge in [0.15, 0.2) is 5.17 Å². The molecule has 0 radical (unpaired) electrons. The lowest BCUT2D eigenvalue weighted by Gasteiger charge is -2.33. The molecule has 1 fully saturated rings. The van der Waals surface area contributed by atoms with E-state index in [2.05, 4.69) is 37.9 Å². The summed E-state index contributed by atoms with van der Waals surface area (Å²) < 4.78 is 5.52. The van der Waals surface area contributed by atoms with Crippen LogP contribution >= 0.6 is 11.8 Å². The Bertz CT molecular complexity index is 878. The highest BCUT2D eigenvalue weighted by molar-refractivity contribution is 8.15. The van der Waals surface area contributed by atoms with Crippen LogP contribution in [0.3, 0.4) is 0 Å². The zero-order valence-corrected chi connectivity index (χ0v) is 19.1. The molecular weight excluding hydrogens is 384 g/mol. The van der Waals surface area contributed by atoms with Gasteiger partial charge in [-0.1, -0.05) is 63.7 Å². The van der Waals surface area contributed by atoms with Crippen LogP contribution in [0.25, 0.3) is 0 Å². The molecule has 1 saturated heterocycles. The van der Waals surface area contributed by atoms with Crippen LogP contribution in [0.5, 0.6) is 0 Å². The molecule has 0 N–H and O–H groups in total. The maximum absolute atomic E-state index is 13.1. The van der Waals surface area contributed by atoms with Crippen LogP contribution in [0.1, 0.15) is 72.1 Å². The van der Waals surface area contributed by atoms with Crippen molar-refractivity contribution >= 4 is 28.8 Å². The second-order valence-electron chi connectivity index (χ2n) is 8.85. The number of aliphatic imine (C=N–C) groups is 1. The number of thioether (sulfide) groups is 1. The molecule has 6 heteroatoms. The molecule has 0 unspecified atom stereocenters. The van der Waals surface area contributed by atoms with E-state index in [1.54, 1.807) is 4.90 Å². The number of rotatable bonds is 4. The lowest BCUT2D eigenvalue weighted by molar-refractivity contribution is -0.143. The third-order valence-corrected chi connectivity index (χ3v) is 6.50. The molecule has 2 heterocycles. The first-order chi connectivity index (χ1) is 13.5. The van der Waals surface area contributed by atoms with Gasteiger partial charge in [-0.15, -0.1) is 0 Å². The molecule has 2 aliphatic rings. The Morgan fingerprint density at radius 3 is 2.38 bits per heavy atom. The fraction of sp³-hybridized carbons (Fsp3) is 0.522. The smallest absolute Gasteiger partial charge is 0.338 e. The third-order valence-electron chi connectivity index (χ3n) is 5.18. The summed E-state index contributed by atoms with van der Waals surface area (Å²) in [5.74, 6) is -0.411. The minimum Gasteiger partial charge on any atom is -0.459 e. The number of nitrogens with zero attached hydrogens (tertiary/aromatic N) is 2. The second-order valence-corrected chi connectivity index (χ2v) is 10.0. The summed E-state index contributed by atoms with van der Waals surface area (Å²) in [5, 5.41) is 0.503. The minimum atomic E-state index is -0.515. The van der Waals surface area contributed by atoms with E-state index in [-0.39, 0.29) is 22.7 Å². The van der Waals surface area contributed by atoms with Gasteiger partial charge >= 0.3 is 5.97 Å². The number of fused-ring (bicyclic) bond motifs is 1. The molecule has 29 heavy (non-hydrogen) atoms. The first kappa shape index (κ1) is 21.6. The van der Waals surface area contributed by atoms with Crippen LogP contribution < -0.4 is 0 Å². The Balaban J connectivity index is 2.11. The summed E-state index contributed by atoms with van der Waals surface area (Å²) in [4.78, 5) is 32.4. The highest BCUT2D eigenvalue weighted by Gasteiger charge is 2.47. The molecule has 2 aliphatic heterocycles. The van der Waals surface area contributed by atoms with Crippen LogP contribution in [0.4, 0.5) is 0 Å². The van der Waals surface area contributed by atoms with Crippen molar-refractivity contribution < 1.29 is 14.3 Å². The van der Waals surface area contributed by atoms with E-state index < -0.39 is 12.0 Å². The quantitative estimate of drug-likeness (QED) is 0.653. The Labute approximate surface area is 177 Å². The molecule has 0 bridgehead atoms. The average molecular weight is 415 g/mol. The van der Waals surface area contributed by atoms with Crippen molar-refractivity contribution in [3.63, 3.8) is 0 Å². The van der Waals surface area contributed by atoms with E-state index in [9.17, 15) is 9.59 Å². The Kier molecular flexibility index (Phi) is 5.95. The summed E-state index contributed by atoms with van der Waals surface area (Å²) in [7, 11) is 0. The number of ether oxygens (including phenoxy) is 1. The molecule has 1 amide bonds. The molecule has 0 saturated carbocycles. The molecule has 3 rings (SSSR count). The van der Waals surface area contributed by atoms with Crippen molar-refractivity contribution in [1.29, 1.82) is 0 Å². The van der Waals surface area contributed by atoms with Crippen LogP contribution in [-0.2, 0) is 19.7 Å². The average Bonchev–Trinajstić information content (AvgIpc) is 2.94. The predicted molar refractivity (Wildman–Crippen MR) is 118 cm³/mol. The zero-order chi connectivity index (χ0) is 21.5.